The molecule has 4 heteroatoms. The first-order valence-corrected chi connectivity index (χ1v) is 7.30. The monoisotopic (exact) mass is 253 g/mol. The summed E-state index contributed by atoms with van der Waals surface area (Å²) in [5.74, 6) is 0.426. The normalized spacial score (nSPS) is 27.4. The van der Waals surface area contributed by atoms with Gasteiger partial charge in [0, 0.05) is 18.6 Å². The topological polar surface area (TPSA) is 44.4 Å². The number of carbonyl (C=O) groups is 1. The highest BCUT2D eigenvalue weighted by molar-refractivity contribution is 5.79. The molecule has 2 aliphatic rings. The van der Waals surface area contributed by atoms with E-state index in [1.165, 1.54) is 25.7 Å². The van der Waals surface area contributed by atoms with Crippen LogP contribution in [0.25, 0.3) is 0 Å². The molecule has 104 valence electrons. The van der Waals surface area contributed by atoms with Gasteiger partial charge in [-0.1, -0.05) is 12.8 Å². The van der Waals surface area contributed by atoms with Crippen molar-refractivity contribution in [3.63, 3.8) is 0 Å². The highest BCUT2D eigenvalue weighted by Gasteiger charge is 2.36. The van der Waals surface area contributed by atoms with E-state index in [9.17, 15) is 4.79 Å². The van der Waals surface area contributed by atoms with Crippen LogP contribution in [-0.2, 0) is 4.79 Å². The number of piperidine rings is 1. The van der Waals surface area contributed by atoms with Crippen LogP contribution in [0.15, 0.2) is 0 Å². The number of rotatable bonds is 4. The fourth-order valence-electron chi connectivity index (χ4n) is 3.29. The number of nitrogens with one attached hydrogen (secondary N) is 2. The Labute approximate surface area is 110 Å². The number of carbonyl (C=O) groups excluding carboxylic acids is 1. The summed E-state index contributed by atoms with van der Waals surface area (Å²) in [6.45, 7) is 2.72. The van der Waals surface area contributed by atoms with Gasteiger partial charge in [-0.15, -0.1) is 0 Å². The summed E-state index contributed by atoms with van der Waals surface area (Å²) in [6, 6.07) is 0. The van der Waals surface area contributed by atoms with E-state index >= 15 is 0 Å². The smallest absolute Gasteiger partial charge is 0.224 e. The lowest BCUT2D eigenvalue weighted by Crippen LogP contribution is -2.52. The average molecular weight is 253 g/mol. The van der Waals surface area contributed by atoms with Crippen LogP contribution in [0, 0.1) is 5.92 Å². The van der Waals surface area contributed by atoms with E-state index in [4.69, 9.17) is 0 Å². The summed E-state index contributed by atoms with van der Waals surface area (Å²) < 4.78 is 0. The van der Waals surface area contributed by atoms with E-state index < -0.39 is 0 Å². The van der Waals surface area contributed by atoms with Crippen LogP contribution < -0.4 is 10.6 Å². The largest absolute Gasteiger partial charge is 0.354 e. The molecular formula is C14H27N3O. The lowest BCUT2D eigenvalue weighted by molar-refractivity contribution is -0.126. The Morgan fingerprint density at radius 3 is 2.61 bits per heavy atom. The zero-order chi connectivity index (χ0) is 13.0. The molecule has 2 fully saturated rings. The molecule has 1 saturated carbocycles. The minimum Gasteiger partial charge on any atom is -0.354 e. The minimum absolute atomic E-state index is 0.180. The Hall–Kier alpha value is -0.610. The molecule has 1 atom stereocenters. The number of hydrogen-bond acceptors (Lipinski definition) is 3. The molecule has 1 amide bonds. The predicted octanol–water partition coefficient (Wildman–Crippen LogP) is 0.977. The third-order valence-corrected chi connectivity index (χ3v) is 4.74. The second-order valence-electron chi connectivity index (χ2n) is 6.09. The highest BCUT2D eigenvalue weighted by Crippen LogP contribution is 2.33. The van der Waals surface area contributed by atoms with Crippen molar-refractivity contribution in [1.29, 1.82) is 0 Å². The molecule has 4 nitrogen and oxygen atoms in total. The van der Waals surface area contributed by atoms with E-state index in [0.717, 1.165) is 32.5 Å². The molecule has 1 unspecified atom stereocenters. The van der Waals surface area contributed by atoms with Crippen molar-refractivity contribution < 1.29 is 4.79 Å². The first-order chi connectivity index (χ1) is 8.64. The Balaban J connectivity index is 1.83. The molecule has 1 aliphatic carbocycles. The van der Waals surface area contributed by atoms with Gasteiger partial charge in [0.1, 0.15) is 0 Å². The lowest BCUT2D eigenvalue weighted by atomic mass is 9.94. The third kappa shape index (κ3) is 3.04. The maximum absolute atomic E-state index is 12.2. The highest BCUT2D eigenvalue weighted by atomic mass is 16.1. The molecular weight excluding hydrogens is 226 g/mol. The molecule has 1 heterocycles. The van der Waals surface area contributed by atoms with Crippen molar-refractivity contribution in [2.24, 2.45) is 5.92 Å². The number of hydrogen-bond donors (Lipinski definition) is 2. The molecule has 0 spiro atoms. The zero-order valence-electron chi connectivity index (χ0n) is 11.8. The van der Waals surface area contributed by atoms with Crippen LogP contribution in [0.3, 0.4) is 0 Å². The Morgan fingerprint density at radius 1 is 1.33 bits per heavy atom. The molecule has 1 saturated heterocycles. The van der Waals surface area contributed by atoms with Gasteiger partial charge in [-0.3, -0.25) is 4.79 Å². The van der Waals surface area contributed by atoms with E-state index in [0.29, 0.717) is 0 Å². The van der Waals surface area contributed by atoms with Gasteiger partial charge < -0.3 is 15.5 Å². The fraction of sp³-hybridized carbons (Fsp3) is 0.929. The summed E-state index contributed by atoms with van der Waals surface area (Å²) in [4.78, 5) is 14.5. The van der Waals surface area contributed by atoms with Crippen molar-refractivity contribution in [3.05, 3.63) is 0 Å². The molecule has 0 bridgehead atoms. The maximum Gasteiger partial charge on any atom is 0.224 e. The third-order valence-electron chi connectivity index (χ3n) is 4.74. The van der Waals surface area contributed by atoms with Crippen molar-refractivity contribution in [2.75, 3.05) is 33.7 Å². The Bertz CT molecular complexity index is 279. The van der Waals surface area contributed by atoms with Crippen LogP contribution in [-0.4, -0.2) is 50.1 Å². The quantitative estimate of drug-likeness (QED) is 0.785. The van der Waals surface area contributed by atoms with Gasteiger partial charge in [-0.25, -0.2) is 0 Å². The van der Waals surface area contributed by atoms with Crippen LogP contribution in [0.4, 0.5) is 0 Å². The van der Waals surface area contributed by atoms with Gasteiger partial charge in [0.05, 0.1) is 5.92 Å². The first kappa shape index (κ1) is 13.8. The van der Waals surface area contributed by atoms with Crippen LogP contribution in [0.2, 0.25) is 0 Å². The minimum atomic E-state index is 0.180. The summed E-state index contributed by atoms with van der Waals surface area (Å²) in [6.07, 6.45) is 7.16. The van der Waals surface area contributed by atoms with E-state index in [-0.39, 0.29) is 17.4 Å². The van der Waals surface area contributed by atoms with Crippen LogP contribution in [0.5, 0.6) is 0 Å². The number of likely N-dealkylation sites (N-methyl/N-ethyl adjacent to an activating group) is 1. The summed E-state index contributed by atoms with van der Waals surface area (Å²) >= 11 is 0. The van der Waals surface area contributed by atoms with Gasteiger partial charge in [-0.05, 0) is 46.3 Å². The second kappa shape index (κ2) is 6.02. The second-order valence-corrected chi connectivity index (χ2v) is 6.09. The van der Waals surface area contributed by atoms with Gasteiger partial charge in [0.2, 0.25) is 5.91 Å². The summed E-state index contributed by atoms with van der Waals surface area (Å²) in [7, 11) is 4.28. The van der Waals surface area contributed by atoms with Gasteiger partial charge in [0.15, 0.2) is 0 Å². The maximum atomic E-state index is 12.2. The molecule has 0 aromatic heterocycles. The SMILES string of the molecule is CN(C)C1(CNC(=O)C2CCCNC2)CCCC1. The molecule has 18 heavy (non-hydrogen) atoms. The predicted molar refractivity (Wildman–Crippen MR) is 73.5 cm³/mol. The first-order valence-electron chi connectivity index (χ1n) is 7.30. The fourth-order valence-corrected chi connectivity index (χ4v) is 3.29. The Kier molecular flexibility index (Phi) is 4.62. The molecule has 0 radical (unpaired) electrons. The van der Waals surface area contributed by atoms with E-state index in [1.54, 1.807) is 0 Å². The summed E-state index contributed by atoms with van der Waals surface area (Å²) in [5.41, 5.74) is 0.206. The van der Waals surface area contributed by atoms with Crippen molar-refractivity contribution >= 4 is 5.91 Å². The van der Waals surface area contributed by atoms with Crippen LogP contribution in [0.1, 0.15) is 38.5 Å². The van der Waals surface area contributed by atoms with E-state index in [2.05, 4.69) is 29.6 Å². The van der Waals surface area contributed by atoms with Gasteiger partial charge in [0.25, 0.3) is 0 Å². The molecule has 1 aliphatic heterocycles. The van der Waals surface area contributed by atoms with E-state index in [1.807, 2.05) is 0 Å². The molecule has 0 aromatic carbocycles. The zero-order valence-corrected chi connectivity index (χ0v) is 11.8. The number of nitrogens with zero attached hydrogens (tertiary/aromatic N) is 1. The average Bonchev–Trinajstić information content (AvgIpc) is 2.87. The lowest BCUT2D eigenvalue weighted by Gasteiger charge is -2.37. The van der Waals surface area contributed by atoms with Gasteiger partial charge in [-0.2, -0.15) is 0 Å². The summed E-state index contributed by atoms with van der Waals surface area (Å²) in [5, 5.41) is 6.50. The molecule has 0 aromatic rings. The van der Waals surface area contributed by atoms with Gasteiger partial charge >= 0.3 is 0 Å². The Morgan fingerprint density at radius 2 is 2.06 bits per heavy atom. The number of amides is 1. The van der Waals surface area contributed by atoms with Crippen molar-refractivity contribution in [1.82, 2.24) is 15.5 Å². The molecule has 2 rings (SSSR count). The standard InChI is InChI=1S/C14H27N3O/c1-17(2)14(7-3-4-8-14)11-16-13(18)12-6-5-9-15-10-12/h12,15H,3-11H2,1-2H3,(H,16,18). The van der Waals surface area contributed by atoms with Crippen LogP contribution >= 0.6 is 0 Å². The molecule has 2 N–H and O–H groups in total. The van der Waals surface area contributed by atoms with Crippen molar-refractivity contribution in [3.8, 4) is 0 Å². The van der Waals surface area contributed by atoms with Crippen molar-refractivity contribution in [2.45, 2.75) is 44.1 Å².